The van der Waals surface area contributed by atoms with Crippen LogP contribution in [0.5, 0.6) is 17.2 Å². The summed E-state index contributed by atoms with van der Waals surface area (Å²) in [5, 5.41) is 24.9. The smallest absolute Gasteiger partial charge is 0.225 e. The number of hydrogen-bond acceptors (Lipinski definition) is 9. The molecule has 0 unspecified atom stereocenters. The number of nitrogens with zero attached hydrogens (tertiary/aromatic N) is 3. The molecule has 26 heavy (non-hydrogen) atoms. The van der Waals surface area contributed by atoms with E-state index in [1.165, 1.54) is 12.4 Å². The molecule has 0 atom stereocenters. The van der Waals surface area contributed by atoms with E-state index in [1.807, 2.05) is 0 Å². The van der Waals surface area contributed by atoms with Crippen LogP contribution in [0.25, 0.3) is 0 Å². The maximum Gasteiger partial charge on any atom is 0.225 e. The second kappa shape index (κ2) is 8.07. The first-order chi connectivity index (χ1) is 12.6. The number of rotatable bonds is 8. The van der Waals surface area contributed by atoms with Crippen LogP contribution in [0.15, 0.2) is 24.5 Å². The summed E-state index contributed by atoms with van der Waals surface area (Å²) < 4.78 is 5.80. The molecule has 0 spiro atoms. The summed E-state index contributed by atoms with van der Waals surface area (Å²) in [6.45, 7) is 5.69. The number of aromatic nitrogens is 2. The Hall–Kier alpha value is -2.78. The van der Waals surface area contributed by atoms with Crippen LogP contribution in [0.3, 0.4) is 0 Å². The summed E-state index contributed by atoms with van der Waals surface area (Å²) in [4.78, 5) is 14.8. The first-order valence-electron chi connectivity index (χ1n) is 8.43. The van der Waals surface area contributed by atoms with Crippen LogP contribution in [0, 0.1) is 5.92 Å². The fourth-order valence-corrected chi connectivity index (χ4v) is 2.75. The molecule has 3 rings (SSSR count). The van der Waals surface area contributed by atoms with Crippen molar-refractivity contribution in [2.45, 2.75) is 6.92 Å². The van der Waals surface area contributed by atoms with Crippen molar-refractivity contribution >= 4 is 17.3 Å². The van der Waals surface area contributed by atoms with Gasteiger partial charge in [-0.2, -0.15) is 0 Å². The van der Waals surface area contributed by atoms with E-state index in [0.29, 0.717) is 35.6 Å². The summed E-state index contributed by atoms with van der Waals surface area (Å²) in [6, 6.07) is 3.27. The summed E-state index contributed by atoms with van der Waals surface area (Å²) in [5.41, 5.74) is 0.443. The van der Waals surface area contributed by atoms with E-state index in [-0.39, 0.29) is 11.5 Å². The highest BCUT2D eigenvalue weighted by Gasteiger charge is 2.26. The Bertz CT molecular complexity index is 752. The largest absolute Gasteiger partial charge is 0.504 e. The van der Waals surface area contributed by atoms with Gasteiger partial charge in [-0.3, -0.25) is 0 Å². The van der Waals surface area contributed by atoms with Gasteiger partial charge in [0, 0.05) is 38.2 Å². The van der Waals surface area contributed by atoms with E-state index in [1.54, 1.807) is 19.2 Å². The standard InChI is InChI=1S/C17H23N5O4/c1-3-22-8-11(9-22)10-25-14-5-17(20-7-15(14)26-24)21-12-4-16(18-2)19-6-13(12)23/h4-7,11,23-24H,3,8-10H2,1-2H3,(H2,18,19,20,21). The van der Waals surface area contributed by atoms with E-state index in [0.717, 1.165) is 19.6 Å². The Morgan fingerprint density at radius 1 is 1.19 bits per heavy atom. The fraction of sp³-hybridized carbons (Fsp3) is 0.412. The molecule has 9 nitrogen and oxygen atoms in total. The summed E-state index contributed by atoms with van der Waals surface area (Å²) in [6.07, 6.45) is 2.70. The maximum absolute atomic E-state index is 9.94. The second-order valence-corrected chi connectivity index (χ2v) is 6.10. The van der Waals surface area contributed by atoms with Crippen LogP contribution in [0.1, 0.15) is 6.92 Å². The quantitative estimate of drug-likeness (QED) is 0.415. The highest BCUT2D eigenvalue weighted by Crippen LogP contribution is 2.33. The number of hydrogen-bond donors (Lipinski definition) is 4. The Kier molecular flexibility index (Phi) is 5.59. The van der Waals surface area contributed by atoms with Crippen molar-refractivity contribution in [3.8, 4) is 17.2 Å². The third-order valence-corrected chi connectivity index (χ3v) is 4.29. The van der Waals surface area contributed by atoms with Gasteiger partial charge in [-0.1, -0.05) is 6.92 Å². The molecule has 0 bridgehead atoms. The van der Waals surface area contributed by atoms with Crippen molar-refractivity contribution in [2.75, 3.05) is 43.9 Å². The molecule has 0 saturated carbocycles. The van der Waals surface area contributed by atoms with Crippen LogP contribution < -0.4 is 20.3 Å². The van der Waals surface area contributed by atoms with Crippen molar-refractivity contribution < 1.29 is 20.0 Å². The summed E-state index contributed by atoms with van der Waals surface area (Å²) in [5.74, 6) is 1.99. The highest BCUT2D eigenvalue weighted by atomic mass is 17.1. The van der Waals surface area contributed by atoms with Gasteiger partial charge in [-0.05, 0) is 6.54 Å². The van der Waals surface area contributed by atoms with Gasteiger partial charge in [0.15, 0.2) is 11.5 Å². The van der Waals surface area contributed by atoms with E-state index < -0.39 is 0 Å². The van der Waals surface area contributed by atoms with Crippen molar-refractivity contribution in [2.24, 2.45) is 5.92 Å². The minimum absolute atomic E-state index is 0.00937. The Morgan fingerprint density at radius 3 is 2.65 bits per heavy atom. The van der Waals surface area contributed by atoms with Crippen LogP contribution >= 0.6 is 0 Å². The second-order valence-electron chi connectivity index (χ2n) is 6.10. The molecule has 1 aliphatic heterocycles. The molecule has 2 aromatic rings. The average molecular weight is 361 g/mol. The monoisotopic (exact) mass is 361 g/mol. The highest BCUT2D eigenvalue weighted by molar-refractivity contribution is 5.67. The van der Waals surface area contributed by atoms with Gasteiger partial charge >= 0.3 is 0 Å². The number of aromatic hydroxyl groups is 1. The van der Waals surface area contributed by atoms with Crippen LogP contribution in [0.2, 0.25) is 0 Å². The molecule has 0 radical (unpaired) electrons. The third kappa shape index (κ3) is 4.06. The molecule has 9 heteroatoms. The molecule has 2 aromatic heterocycles. The molecule has 4 N–H and O–H groups in total. The van der Waals surface area contributed by atoms with Gasteiger partial charge in [0.2, 0.25) is 5.75 Å². The number of ether oxygens (including phenoxy) is 1. The molecule has 1 fully saturated rings. The SMILES string of the molecule is CCN1CC(COc2cc(Nc3cc(NC)ncc3O)ncc2OO)C1. The van der Waals surface area contributed by atoms with Gasteiger partial charge < -0.3 is 30.3 Å². The predicted octanol–water partition coefficient (Wildman–Crippen LogP) is 2.15. The van der Waals surface area contributed by atoms with Gasteiger partial charge in [-0.15, -0.1) is 0 Å². The van der Waals surface area contributed by atoms with Gasteiger partial charge in [-0.25, -0.2) is 15.2 Å². The molecule has 0 aliphatic carbocycles. The molecule has 0 amide bonds. The predicted molar refractivity (Wildman–Crippen MR) is 97.3 cm³/mol. The van der Waals surface area contributed by atoms with E-state index in [2.05, 4.69) is 37.3 Å². The zero-order valence-electron chi connectivity index (χ0n) is 14.8. The Morgan fingerprint density at radius 2 is 1.96 bits per heavy atom. The lowest BCUT2D eigenvalue weighted by molar-refractivity contribution is -0.139. The maximum atomic E-state index is 9.94. The van der Waals surface area contributed by atoms with Crippen molar-refractivity contribution in [1.82, 2.24) is 14.9 Å². The number of nitrogens with one attached hydrogen (secondary N) is 2. The van der Waals surface area contributed by atoms with Gasteiger partial charge in [0.05, 0.1) is 24.7 Å². The third-order valence-electron chi connectivity index (χ3n) is 4.29. The Labute approximate surface area is 151 Å². The van der Waals surface area contributed by atoms with Gasteiger partial charge in [0.1, 0.15) is 11.6 Å². The molecule has 0 aromatic carbocycles. The van der Waals surface area contributed by atoms with Crippen molar-refractivity contribution in [1.29, 1.82) is 0 Å². The topological polar surface area (TPSA) is 112 Å². The van der Waals surface area contributed by atoms with E-state index in [4.69, 9.17) is 9.99 Å². The first kappa shape index (κ1) is 18.0. The number of pyridine rings is 2. The molecule has 1 aliphatic rings. The minimum atomic E-state index is -0.00937. The molecule has 140 valence electrons. The molecular formula is C17H23N5O4. The fourth-order valence-electron chi connectivity index (χ4n) is 2.75. The molecule has 3 heterocycles. The van der Waals surface area contributed by atoms with Crippen LogP contribution in [0.4, 0.5) is 17.3 Å². The molecule has 1 saturated heterocycles. The zero-order valence-corrected chi connectivity index (χ0v) is 14.8. The number of anilines is 3. The lowest BCUT2D eigenvalue weighted by atomic mass is 10.0. The lowest BCUT2D eigenvalue weighted by Gasteiger charge is -2.38. The average Bonchev–Trinajstić information content (AvgIpc) is 2.62. The van der Waals surface area contributed by atoms with Crippen molar-refractivity contribution in [3.63, 3.8) is 0 Å². The summed E-state index contributed by atoms with van der Waals surface area (Å²) >= 11 is 0. The minimum Gasteiger partial charge on any atom is -0.504 e. The summed E-state index contributed by atoms with van der Waals surface area (Å²) in [7, 11) is 1.74. The normalized spacial score (nSPS) is 14.6. The van der Waals surface area contributed by atoms with Gasteiger partial charge in [0.25, 0.3) is 0 Å². The van der Waals surface area contributed by atoms with Crippen molar-refractivity contribution in [3.05, 3.63) is 24.5 Å². The first-order valence-corrected chi connectivity index (χ1v) is 8.43. The van der Waals surface area contributed by atoms with E-state index >= 15 is 0 Å². The molecular weight excluding hydrogens is 338 g/mol. The lowest BCUT2D eigenvalue weighted by Crippen LogP contribution is -2.48. The van der Waals surface area contributed by atoms with Crippen LogP contribution in [-0.2, 0) is 0 Å². The zero-order chi connectivity index (χ0) is 18.5. The van der Waals surface area contributed by atoms with Crippen LogP contribution in [-0.4, -0.2) is 58.5 Å². The Balaban J connectivity index is 1.70. The number of likely N-dealkylation sites (tertiary alicyclic amines) is 1. The van der Waals surface area contributed by atoms with E-state index in [9.17, 15) is 5.11 Å².